The molecule has 0 bridgehead atoms. The van der Waals surface area contributed by atoms with Crippen LogP contribution in [0.2, 0.25) is 0 Å². The second-order valence-electron chi connectivity index (χ2n) is 3.81. The van der Waals surface area contributed by atoms with Crippen LogP contribution in [0.5, 0.6) is 0 Å². The van der Waals surface area contributed by atoms with Gasteiger partial charge < -0.3 is 5.11 Å². The molecule has 0 amide bonds. The van der Waals surface area contributed by atoms with Crippen molar-refractivity contribution >= 4 is 18.4 Å². The highest BCUT2D eigenvalue weighted by Gasteiger charge is 2.01. The number of hydrogen-bond acceptors (Lipinski definition) is 1. The van der Waals surface area contributed by atoms with Gasteiger partial charge in [0.05, 0.1) is 5.56 Å². The number of unbranched alkanes of at least 4 members (excludes halogenated alkanes) is 3. The van der Waals surface area contributed by atoms with E-state index in [1.165, 1.54) is 31.2 Å². The highest BCUT2D eigenvalue weighted by Crippen LogP contribution is 2.09. The number of benzene rings is 1. The van der Waals surface area contributed by atoms with Gasteiger partial charge in [-0.05, 0) is 30.5 Å². The second kappa shape index (κ2) is 8.17. The summed E-state index contributed by atoms with van der Waals surface area (Å²) in [6.07, 6.45) is 6.04. The third-order valence-electron chi connectivity index (χ3n) is 2.52. The lowest BCUT2D eigenvalue weighted by molar-refractivity contribution is 0.0697. The van der Waals surface area contributed by atoms with Crippen LogP contribution in [-0.4, -0.2) is 11.1 Å². The molecule has 2 nitrogen and oxygen atoms in total. The van der Waals surface area contributed by atoms with Crippen LogP contribution < -0.4 is 0 Å². The molecule has 1 aromatic carbocycles. The number of carboxylic acid groups (broad SMARTS) is 1. The summed E-state index contributed by atoms with van der Waals surface area (Å²) in [5.41, 5.74) is 1.60. The number of aryl methyl sites for hydroxylation is 1. The molecule has 0 heterocycles. The smallest absolute Gasteiger partial charge is 0.335 e. The molecular formula is C13H19ClO2. The molecule has 3 heteroatoms. The van der Waals surface area contributed by atoms with Gasteiger partial charge in [0, 0.05) is 0 Å². The van der Waals surface area contributed by atoms with Crippen molar-refractivity contribution in [3.05, 3.63) is 35.4 Å². The molecule has 0 aliphatic rings. The van der Waals surface area contributed by atoms with Gasteiger partial charge in [-0.3, -0.25) is 0 Å². The topological polar surface area (TPSA) is 37.3 Å². The summed E-state index contributed by atoms with van der Waals surface area (Å²) < 4.78 is 0. The van der Waals surface area contributed by atoms with E-state index in [9.17, 15) is 4.79 Å². The van der Waals surface area contributed by atoms with Crippen LogP contribution in [-0.2, 0) is 6.42 Å². The van der Waals surface area contributed by atoms with Crippen LogP contribution >= 0.6 is 12.4 Å². The van der Waals surface area contributed by atoms with Gasteiger partial charge in [0.25, 0.3) is 0 Å². The van der Waals surface area contributed by atoms with E-state index in [1.807, 2.05) is 12.1 Å². The normalized spacial score (nSPS) is 9.56. The summed E-state index contributed by atoms with van der Waals surface area (Å²) >= 11 is 0. The summed E-state index contributed by atoms with van der Waals surface area (Å²) in [5, 5.41) is 8.72. The minimum Gasteiger partial charge on any atom is -0.478 e. The van der Waals surface area contributed by atoms with Crippen molar-refractivity contribution in [1.82, 2.24) is 0 Å². The summed E-state index contributed by atoms with van der Waals surface area (Å²) in [6, 6.07) is 7.18. The molecule has 0 unspecified atom stereocenters. The molecule has 0 atom stereocenters. The second-order valence-corrected chi connectivity index (χ2v) is 3.81. The van der Waals surface area contributed by atoms with Crippen LogP contribution in [0.15, 0.2) is 24.3 Å². The lowest BCUT2D eigenvalue weighted by Gasteiger charge is -2.01. The monoisotopic (exact) mass is 242 g/mol. The Kier molecular flexibility index (Phi) is 7.65. The van der Waals surface area contributed by atoms with Gasteiger partial charge in [0.2, 0.25) is 0 Å². The zero-order valence-corrected chi connectivity index (χ0v) is 10.4. The van der Waals surface area contributed by atoms with E-state index in [-0.39, 0.29) is 12.4 Å². The van der Waals surface area contributed by atoms with Gasteiger partial charge in [-0.15, -0.1) is 12.4 Å². The van der Waals surface area contributed by atoms with E-state index in [2.05, 4.69) is 6.92 Å². The zero-order valence-electron chi connectivity index (χ0n) is 9.61. The number of aromatic carboxylic acids is 1. The Hall–Kier alpha value is -1.02. The van der Waals surface area contributed by atoms with E-state index >= 15 is 0 Å². The first-order valence-corrected chi connectivity index (χ1v) is 5.56. The molecular weight excluding hydrogens is 224 g/mol. The molecule has 0 aromatic heterocycles. The van der Waals surface area contributed by atoms with E-state index in [0.717, 1.165) is 6.42 Å². The highest BCUT2D eigenvalue weighted by molar-refractivity contribution is 5.87. The predicted octanol–water partition coefficient (Wildman–Crippen LogP) is 3.93. The van der Waals surface area contributed by atoms with Crippen molar-refractivity contribution < 1.29 is 9.90 Å². The van der Waals surface area contributed by atoms with Gasteiger partial charge in [0.15, 0.2) is 0 Å². The molecule has 1 rings (SSSR count). The first kappa shape index (κ1) is 15.0. The fraction of sp³-hybridized carbons (Fsp3) is 0.462. The molecule has 0 spiro atoms. The summed E-state index contributed by atoms with van der Waals surface area (Å²) in [5.74, 6) is -0.854. The van der Waals surface area contributed by atoms with Crippen LogP contribution in [0.25, 0.3) is 0 Å². The standard InChI is InChI=1S/C13H18O2.ClH/c1-2-3-4-5-6-11-7-9-12(10-8-11)13(14)15;/h7-10H,2-6H2,1H3,(H,14,15);1H. The average Bonchev–Trinajstić information content (AvgIpc) is 2.25. The van der Waals surface area contributed by atoms with Crippen molar-refractivity contribution in [2.75, 3.05) is 0 Å². The van der Waals surface area contributed by atoms with Crippen molar-refractivity contribution in [3.8, 4) is 0 Å². The van der Waals surface area contributed by atoms with Crippen LogP contribution in [0.3, 0.4) is 0 Å². The minimum absolute atomic E-state index is 0. The van der Waals surface area contributed by atoms with E-state index < -0.39 is 5.97 Å². The van der Waals surface area contributed by atoms with Crippen LogP contribution in [0, 0.1) is 0 Å². The largest absolute Gasteiger partial charge is 0.478 e. The van der Waals surface area contributed by atoms with Gasteiger partial charge in [-0.1, -0.05) is 38.3 Å². The SMILES string of the molecule is CCCCCCc1ccc(C(=O)O)cc1.Cl. The Labute approximate surface area is 103 Å². The van der Waals surface area contributed by atoms with Crippen LogP contribution in [0.4, 0.5) is 0 Å². The molecule has 0 aliphatic heterocycles. The lowest BCUT2D eigenvalue weighted by atomic mass is 10.0. The van der Waals surface area contributed by atoms with E-state index in [0.29, 0.717) is 5.56 Å². The number of hydrogen-bond donors (Lipinski definition) is 1. The highest BCUT2D eigenvalue weighted by atomic mass is 35.5. The summed E-state index contributed by atoms with van der Waals surface area (Å²) in [7, 11) is 0. The summed E-state index contributed by atoms with van der Waals surface area (Å²) in [4.78, 5) is 10.6. The van der Waals surface area contributed by atoms with Gasteiger partial charge in [-0.2, -0.15) is 0 Å². The molecule has 0 aliphatic carbocycles. The predicted molar refractivity (Wildman–Crippen MR) is 68.5 cm³/mol. The summed E-state index contributed by atoms with van der Waals surface area (Å²) in [6.45, 7) is 2.20. The van der Waals surface area contributed by atoms with Crippen LogP contribution in [0.1, 0.15) is 48.5 Å². The van der Waals surface area contributed by atoms with E-state index in [4.69, 9.17) is 5.11 Å². The molecule has 90 valence electrons. The van der Waals surface area contributed by atoms with Crippen molar-refractivity contribution in [3.63, 3.8) is 0 Å². The molecule has 0 saturated heterocycles. The molecule has 0 radical (unpaired) electrons. The van der Waals surface area contributed by atoms with Gasteiger partial charge in [-0.25, -0.2) is 4.79 Å². The third kappa shape index (κ3) is 5.17. The first-order valence-electron chi connectivity index (χ1n) is 5.56. The van der Waals surface area contributed by atoms with Gasteiger partial charge in [0.1, 0.15) is 0 Å². The Bertz CT molecular complexity index is 306. The Morgan fingerprint density at radius 3 is 2.25 bits per heavy atom. The lowest BCUT2D eigenvalue weighted by Crippen LogP contribution is -1.96. The molecule has 0 fully saturated rings. The maximum Gasteiger partial charge on any atom is 0.335 e. The number of rotatable bonds is 6. The first-order chi connectivity index (χ1) is 7.24. The maximum atomic E-state index is 10.6. The molecule has 1 aromatic rings. The number of halogens is 1. The quantitative estimate of drug-likeness (QED) is 0.768. The maximum absolute atomic E-state index is 10.6. The molecule has 0 saturated carbocycles. The minimum atomic E-state index is -0.854. The number of carboxylic acids is 1. The Morgan fingerprint density at radius 2 is 1.75 bits per heavy atom. The zero-order chi connectivity index (χ0) is 11.1. The fourth-order valence-electron chi connectivity index (χ4n) is 1.57. The average molecular weight is 243 g/mol. The Balaban J connectivity index is 0.00000225. The fourth-order valence-corrected chi connectivity index (χ4v) is 1.57. The van der Waals surface area contributed by atoms with Crippen molar-refractivity contribution in [2.45, 2.75) is 39.0 Å². The molecule has 16 heavy (non-hydrogen) atoms. The molecule has 1 N–H and O–H groups in total. The Morgan fingerprint density at radius 1 is 1.12 bits per heavy atom. The third-order valence-corrected chi connectivity index (χ3v) is 2.52. The van der Waals surface area contributed by atoms with E-state index in [1.54, 1.807) is 12.1 Å². The van der Waals surface area contributed by atoms with Gasteiger partial charge >= 0.3 is 5.97 Å². The number of carbonyl (C=O) groups is 1. The van der Waals surface area contributed by atoms with Crippen molar-refractivity contribution in [2.24, 2.45) is 0 Å². The van der Waals surface area contributed by atoms with Crippen molar-refractivity contribution in [1.29, 1.82) is 0 Å².